The van der Waals surface area contributed by atoms with Crippen molar-refractivity contribution < 1.29 is 4.79 Å². The van der Waals surface area contributed by atoms with Crippen LogP contribution in [0.1, 0.15) is 19.4 Å². The molecule has 1 aromatic carbocycles. The molecule has 17 heavy (non-hydrogen) atoms. The second-order valence-electron chi connectivity index (χ2n) is 4.10. The molecule has 1 aromatic rings. The summed E-state index contributed by atoms with van der Waals surface area (Å²) < 4.78 is 0. The number of carbonyl (C=O) groups is 1. The van der Waals surface area contributed by atoms with E-state index in [-0.39, 0.29) is 17.8 Å². The Morgan fingerprint density at radius 1 is 1.35 bits per heavy atom. The van der Waals surface area contributed by atoms with Gasteiger partial charge in [-0.1, -0.05) is 12.1 Å². The summed E-state index contributed by atoms with van der Waals surface area (Å²) in [7, 11) is 0. The second-order valence-corrected chi connectivity index (χ2v) is 5.24. The number of rotatable bonds is 5. The molecule has 1 amide bonds. The lowest BCUT2D eigenvalue weighted by molar-refractivity contribution is -0.130. The topological polar surface area (TPSA) is 20.3 Å². The maximum atomic E-state index is 11.7. The summed E-state index contributed by atoms with van der Waals surface area (Å²) in [6.07, 6.45) is 2.05. The van der Waals surface area contributed by atoms with E-state index in [4.69, 9.17) is 11.6 Å². The van der Waals surface area contributed by atoms with Gasteiger partial charge in [-0.15, -0.1) is 23.4 Å². The Bertz CT molecular complexity index is 364. The number of benzene rings is 1. The van der Waals surface area contributed by atoms with Crippen LogP contribution in [0.15, 0.2) is 29.2 Å². The predicted octanol–water partition coefficient (Wildman–Crippen LogP) is 3.38. The van der Waals surface area contributed by atoms with Crippen LogP contribution in [0.4, 0.5) is 0 Å². The highest BCUT2D eigenvalue weighted by atomic mass is 35.5. The molecule has 0 unspecified atom stereocenters. The highest BCUT2D eigenvalue weighted by Gasteiger charge is 2.15. The van der Waals surface area contributed by atoms with E-state index in [9.17, 15) is 4.79 Å². The van der Waals surface area contributed by atoms with Gasteiger partial charge in [-0.3, -0.25) is 4.79 Å². The molecule has 94 valence electrons. The van der Waals surface area contributed by atoms with Gasteiger partial charge in [0.1, 0.15) is 5.88 Å². The average molecular weight is 272 g/mol. The molecule has 0 aliphatic heterocycles. The van der Waals surface area contributed by atoms with Gasteiger partial charge in [-0.25, -0.2) is 0 Å². The fourth-order valence-electron chi connectivity index (χ4n) is 1.56. The lowest BCUT2D eigenvalue weighted by Gasteiger charge is -2.26. The number of alkyl halides is 1. The van der Waals surface area contributed by atoms with Crippen molar-refractivity contribution in [1.29, 1.82) is 0 Å². The van der Waals surface area contributed by atoms with Gasteiger partial charge < -0.3 is 4.90 Å². The zero-order valence-electron chi connectivity index (χ0n) is 10.4. The Balaban J connectivity index is 2.75. The van der Waals surface area contributed by atoms with E-state index < -0.39 is 0 Å². The Morgan fingerprint density at radius 2 is 1.94 bits per heavy atom. The molecule has 0 heterocycles. The maximum Gasteiger partial charge on any atom is 0.238 e. The van der Waals surface area contributed by atoms with E-state index in [0.717, 1.165) is 5.56 Å². The van der Waals surface area contributed by atoms with Crippen LogP contribution in [-0.2, 0) is 11.3 Å². The second kappa shape index (κ2) is 6.92. The quantitative estimate of drug-likeness (QED) is 0.604. The van der Waals surface area contributed by atoms with Crippen molar-refractivity contribution in [3.8, 4) is 0 Å². The molecule has 0 N–H and O–H groups in total. The fraction of sp³-hybridized carbons (Fsp3) is 0.462. The van der Waals surface area contributed by atoms with Crippen LogP contribution in [0.25, 0.3) is 0 Å². The van der Waals surface area contributed by atoms with E-state index in [1.54, 1.807) is 16.7 Å². The third-order valence-corrected chi connectivity index (χ3v) is 3.54. The highest BCUT2D eigenvalue weighted by Crippen LogP contribution is 2.16. The van der Waals surface area contributed by atoms with E-state index in [0.29, 0.717) is 6.54 Å². The first-order valence-corrected chi connectivity index (χ1v) is 7.32. The van der Waals surface area contributed by atoms with E-state index >= 15 is 0 Å². The Morgan fingerprint density at radius 3 is 2.35 bits per heavy atom. The first kappa shape index (κ1) is 14.4. The number of amides is 1. The minimum Gasteiger partial charge on any atom is -0.335 e. The summed E-state index contributed by atoms with van der Waals surface area (Å²) in [6, 6.07) is 8.43. The zero-order chi connectivity index (χ0) is 12.8. The Labute approximate surface area is 112 Å². The molecule has 1 rings (SSSR count). The van der Waals surface area contributed by atoms with Crippen molar-refractivity contribution in [3.63, 3.8) is 0 Å². The Kier molecular flexibility index (Phi) is 5.86. The first-order chi connectivity index (χ1) is 8.08. The summed E-state index contributed by atoms with van der Waals surface area (Å²) >= 11 is 7.32. The van der Waals surface area contributed by atoms with Crippen LogP contribution in [0.2, 0.25) is 0 Å². The third kappa shape index (κ3) is 4.25. The van der Waals surface area contributed by atoms with Crippen molar-refractivity contribution >= 4 is 29.3 Å². The third-order valence-electron chi connectivity index (χ3n) is 2.57. The molecular formula is C13H18ClNOS. The number of hydrogen-bond donors (Lipinski definition) is 0. The molecule has 2 nitrogen and oxygen atoms in total. The zero-order valence-corrected chi connectivity index (χ0v) is 12.0. The van der Waals surface area contributed by atoms with Gasteiger partial charge in [0, 0.05) is 17.5 Å². The van der Waals surface area contributed by atoms with Gasteiger partial charge in [0.25, 0.3) is 0 Å². The minimum atomic E-state index is -0.0180. The van der Waals surface area contributed by atoms with Crippen molar-refractivity contribution in [1.82, 2.24) is 4.90 Å². The largest absolute Gasteiger partial charge is 0.335 e. The van der Waals surface area contributed by atoms with Crippen molar-refractivity contribution in [3.05, 3.63) is 29.8 Å². The van der Waals surface area contributed by atoms with E-state index in [1.165, 1.54) is 4.90 Å². The summed E-state index contributed by atoms with van der Waals surface area (Å²) in [5.74, 6) is 0.0248. The number of nitrogens with zero attached hydrogens (tertiary/aromatic N) is 1. The molecule has 0 aliphatic rings. The van der Waals surface area contributed by atoms with Crippen LogP contribution in [-0.4, -0.2) is 29.0 Å². The fourth-order valence-corrected chi connectivity index (χ4v) is 2.12. The average Bonchev–Trinajstić information content (AvgIpc) is 2.35. The number of hydrogen-bond acceptors (Lipinski definition) is 2. The molecule has 0 radical (unpaired) electrons. The molecule has 0 aromatic heterocycles. The molecule has 0 fully saturated rings. The summed E-state index contributed by atoms with van der Waals surface area (Å²) in [5, 5.41) is 0. The van der Waals surface area contributed by atoms with Crippen LogP contribution < -0.4 is 0 Å². The number of carbonyl (C=O) groups excluding carboxylic acids is 1. The smallest absolute Gasteiger partial charge is 0.238 e. The Hall–Kier alpha value is -0.670. The number of halogens is 1. The lowest BCUT2D eigenvalue weighted by atomic mass is 10.2. The van der Waals surface area contributed by atoms with Gasteiger partial charge in [-0.2, -0.15) is 0 Å². The maximum absolute atomic E-state index is 11.7. The number of thioether (sulfide) groups is 1. The first-order valence-electron chi connectivity index (χ1n) is 5.56. The van der Waals surface area contributed by atoms with Gasteiger partial charge >= 0.3 is 0 Å². The molecule has 0 saturated carbocycles. The highest BCUT2D eigenvalue weighted by molar-refractivity contribution is 7.98. The summed E-state index contributed by atoms with van der Waals surface area (Å²) in [5.41, 5.74) is 1.13. The minimum absolute atomic E-state index is 0.0180. The van der Waals surface area contributed by atoms with Gasteiger partial charge in [0.15, 0.2) is 0 Å². The molecule has 0 bridgehead atoms. The van der Waals surface area contributed by atoms with Crippen LogP contribution in [0.3, 0.4) is 0 Å². The summed E-state index contributed by atoms with van der Waals surface area (Å²) in [4.78, 5) is 14.7. The lowest BCUT2D eigenvalue weighted by Crippen LogP contribution is -2.37. The van der Waals surface area contributed by atoms with Crippen LogP contribution in [0, 0.1) is 0 Å². The van der Waals surface area contributed by atoms with Crippen molar-refractivity contribution in [2.45, 2.75) is 31.3 Å². The van der Waals surface area contributed by atoms with E-state index in [2.05, 4.69) is 24.3 Å². The summed E-state index contributed by atoms with van der Waals surface area (Å²) in [6.45, 7) is 4.62. The molecule has 0 spiro atoms. The van der Waals surface area contributed by atoms with Gasteiger partial charge in [0.2, 0.25) is 5.91 Å². The molecule has 0 saturated heterocycles. The molecule has 4 heteroatoms. The SMILES string of the molecule is CSc1ccc(CN(C(=O)CCl)C(C)C)cc1. The predicted molar refractivity (Wildman–Crippen MR) is 74.6 cm³/mol. The molecule has 0 atom stereocenters. The van der Waals surface area contributed by atoms with Crippen molar-refractivity contribution in [2.24, 2.45) is 0 Å². The van der Waals surface area contributed by atoms with Crippen LogP contribution in [0.5, 0.6) is 0 Å². The van der Waals surface area contributed by atoms with Crippen LogP contribution >= 0.6 is 23.4 Å². The van der Waals surface area contributed by atoms with Crippen molar-refractivity contribution in [2.75, 3.05) is 12.1 Å². The normalized spacial score (nSPS) is 10.6. The standard InChI is InChI=1S/C13H18ClNOS/c1-10(2)15(13(16)8-14)9-11-4-6-12(17-3)7-5-11/h4-7,10H,8-9H2,1-3H3. The molecule has 0 aliphatic carbocycles. The van der Waals surface area contributed by atoms with Gasteiger partial charge in [0.05, 0.1) is 0 Å². The monoisotopic (exact) mass is 271 g/mol. The van der Waals surface area contributed by atoms with Gasteiger partial charge in [-0.05, 0) is 37.8 Å². The van der Waals surface area contributed by atoms with E-state index in [1.807, 2.05) is 20.1 Å². The molecular weight excluding hydrogens is 254 g/mol.